The van der Waals surface area contributed by atoms with Gasteiger partial charge in [0.15, 0.2) is 5.69 Å². The molecule has 0 atom stereocenters. The smallest absolute Gasteiger partial charge is 0.354 e. The molecule has 1 rings (SSSR count). The molecule has 0 aromatic carbocycles. The van der Waals surface area contributed by atoms with Gasteiger partial charge in [0.25, 0.3) is 0 Å². The molecule has 5 heteroatoms. The summed E-state index contributed by atoms with van der Waals surface area (Å²) < 4.78 is 0.123. The number of nitrogens with zero attached hydrogens (tertiary/aromatic N) is 2. The highest BCUT2D eigenvalue weighted by atomic mass is 32.2. The van der Waals surface area contributed by atoms with Gasteiger partial charge in [-0.2, -0.15) is 0 Å². The second-order valence-corrected chi connectivity index (χ2v) is 6.33. The Balaban J connectivity index is 2.83. The van der Waals surface area contributed by atoms with E-state index in [0.717, 1.165) is 0 Å². The van der Waals surface area contributed by atoms with Crippen molar-refractivity contribution in [1.82, 2.24) is 9.97 Å². The average molecular weight is 240 g/mol. The van der Waals surface area contributed by atoms with Gasteiger partial charge < -0.3 is 5.11 Å². The fourth-order valence-corrected chi connectivity index (χ4v) is 1.75. The van der Waals surface area contributed by atoms with Crippen molar-refractivity contribution in [2.75, 3.05) is 0 Å². The molecule has 0 saturated heterocycles. The number of aryl methyl sites for hydroxylation is 1. The van der Waals surface area contributed by atoms with Crippen molar-refractivity contribution in [3.63, 3.8) is 0 Å². The Hall–Kier alpha value is -1.10. The molecular formula is C11H16N2O2S. The van der Waals surface area contributed by atoms with Gasteiger partial charge in [0.1, 0.15) is 5.82 Å². The van der Waals surface area contributed by atoms with E-state index in [2.05, 4.69) is 30.7 Å². The molecule has 0 aliphatic rings. The Labute approximate surface area is 99.5 Å². The van der Waals surface area contributed by atoms with Gasteiger partial charge in [-0.3, -0.25) is 0 Å². The number of aromatic nitrogens is 2. The summed E-state index contributed by atoms with van der Waals surface area (Å²) in [5, 5.41) is 8.92. The van der Waals surface area contributed by atoms with Crippen LogP contribution in [0.1, 0.15) is 42.6 Å². The van der Waals surface area contributed by atoms with E-state index in [9.17, 15) is 4.79 Å². The summed E-state index contributed by atoms with van der Waals surface area (Å²) in [4.78, 5) is 19.1. The van der Waals surface area contributed by atoms with Crippen molar-refractivity contribution >= 4 is 17.7 Å². The molecule has 1 N–H and O–H groups in total. The molecule has 0 aliphatic heterocycles. The summed E-state index contributed by atoms with van der Waals surface area (Å²) in [5.74, 6) is 0.203. The molecule has 0 radical (unpaired) electrons. The zero-order valence-corrected chi connectivity index (χ0v) is 10.8. The van der Waals surface area contributed by atoms with Crippen LogP contribution < -0.4 is 0 Å². The summed E-state index contributed by atoms with van der Waals surface area (Å²) >= 11 is 1.70. The van der Waals surface area contributed by atoms with Gasteiger partial charge in [-0.15, -0.1) is 11.8 Å². The lowest BCUT2D eigenvalue weighted by Crippen LogP contribution is -2.11. The SMILES string of the molecule is Cc1cnc(CSC(C)(C)C)nc1C(=O)O. The van der Waals surface area contributed by atoms with Crippen molar-refractivity contribution < 1.29 is 9.90 Å². The van der Waals surface area contributed by atoms with Gasteiger partial charge in [0.05, 0.1) is 5.75 Å². The van der Waals surface area contributed by atoms with Gasteiger partial charge in [-0.05, 0) is 6.92 Å². The van der Waals surface area contributed by atoms with Gasteiger partial charge in [-0.25, -0.2) is 14.8 Å². The number of rotatable bonds is 3. The Morgan fingerprint density at radius 2 is 2.12 bits per heavy atom. The molecule has 0 saturated carbocycles. The number of carboxylic acid groups (broad SMARTS) is 1. The molecule has 0 spiro atoms. The Bertz CT molecular complexity index is 399. The highest BCUT2D eigenvalue weighted by Crippen LogP contribution is 2.25. The Morgan fingerprint density at radius 1 is 1.50 bits per heavy atom. The van der Waals surface area contributed by atoms with Gasteiger partial charge in [-0.1, -0.05) is 20.8 Å². The number of thioether (sulfide) groups is 1. The minimum Gasteiger partial charge on any atom is -0.477 e. The maximum Gasteiger partial charge on any atom is 0.354 e. The first kappa shape index (κ1) is 13.0. The van der Waals surface area contributed by atoms with Crippen molar-refractivity contribution in [1.29, 1.82) is 0 Å². The lowest BCUT2D eigenvalue weighted by atomic mass is 10.2. The number of hydrogen-bond donors (Lipinski definition) is 1. The summed E-state index contributed by atoms with van der Waals surface area (Å²) in [6, 6.07) is 0. The monoisotopic (exact) mass is 240 g/mol. The molecule has 16 heavy (non-hydrogen) atoms. The minimum absolute atomic E-state index is 0.0968. The topological polar surface area (TPSA) is 63.1 Å². The number of carboxylic acids is 1. The highest BCUT2D eigenvalue weighted by molar-refractivity contribution is 7.99. The fourth-order valence-electron chi connectivity index (χ4n) is 1.05. The largest absolute Gasteiger partial charge is 0.477 e. The third-order valence-corrected chi connectivity index (χ3v) is 3.13. The first-order chi connectivity index (χ1) is 7.29. The van der Waals surface area contributed by atoms with E-state index >= 15 is 0 Å². The van der Waals surface area contributed by atoms with Crippen molar-refractivity contribution in [2.24, 2.45) is 0 Å². The molecule has 1 heterocycles. The van der Waals surface area contributed by atoms with Crippen LogP contribution in [0.25, 0.3) is 0 Å². The predicted molar refractivity (Wildman–Crippen MR) is 64.8 cm³/mol. The molecule has 1 aromatic rings. The van der Waals surface area contributed by atoms with Crippen LogP contribution in [0.5, 0.6) is 0 Å². The summed E-state index contributed by atoms with van der Waals surface area (Å²) in [6.07, 6.45) is 1.56. The van der Waals surface area contributed by atoms with Gasteiger partial charge in [0.2, 0.25) is 0 Å². The third-order valence-electron chi connectivity index (χ3n) is 1.86. The van der Waals surface area contributed by atoms with Crippen LogP contribution in [0.3, 0.4) is 0 Å². The molecule has 0 fully saturated rings. The molecule has 0 amide bonds. The fraction of sp³-hybridized carbons (Fsp3) is 0.545. The molecule has 0 unspecified atom stereocenters. The molecule has 0 bridgehead atoms. The molecular weight excluding hydrogens is 224 g/mol. The van der Waals surface area contributed by atoms with E-state index in [1.54, 1.807) is 24.9 Å². The average Bonchev–Trinajstić information content (AvgIpc) is 2.14. The first-order valence-corrected chi connectivity index (χ1v) is 5.98. The minimum atomic E-state index is -0.998. The van der Waals surface area contributed by atoms with Crippen molar-refractivity contribution in [3.05, 3.63) is 23.3 Å². The maximum absolute atomic E-state index is 10.9. The van der Waals surface area contributed by atoms with Crippen molar-refractivity contribution in [3.8, 4) is 0 Å². The summed E-state index contributed by atoms with van der Waals surface area (Å²) in [6.45, 7) is 8.00. The zero-order chi connectivity index (χ0) is 12.3. The predicted octanol–water partition coefficient (Wildman–Crippen LogP) is 2.51. The molecule has 88 valence electrons. The van der Waals surface area contributed by atoms with Crippen LogP contribution >= 0.6 is 11.8 Å². The number of aromatic carboxylic acids is 1. The normalized spacial score (nSPS) is 11.5. The Morgan fingerprint density at radius 3 is 2.62 bits per heavy atom. The number of hydrogen-bond acceptors (Lipinski definition) is 4. The van der Waals surface area contributed by atoms with E-state index in [0.29, 0.717) is 17.1 Å². The maximum atomic E-state index is 10.9. The van der Waals surface area contributed by atoms with Gasteiger partial charge in [0, 0.05) is 16.5 Å². The summed E-state index contributed by atoms with van der Waals surface area (Å²) in [7, 11) is 0. The van der Waals surface area contributed by atoms with E-state index in [-0.39, 0.29) is 10.4 Å². The molecule has 1 aromatic heterocycles. The standard InChI is InChI=1S/C11H16N2O2S/c1-7-5-12-8(6-16-11(2,3)4)13-9(7)10(14)15/h5H,6H2,1-4H3,(H,14,15). The highest BCUT2D eigenvalue weighted by Gasteiger charge is 2.14. The second-order valence-electron chi connectivity index (χ2n) is 4.52. The summed E-state index contributed by atoms with van der Waals surface area (Å²) in [5.41, 5.74) is 0.691. The lowest BCUT2D eigenvalue weighted by Gasteiger charge is -2.16. The van der Waals surface area contributed by atoms with Crippen molar-refractivity contribution in [2.45, 2.75) is 38.2 Å². The first-order valence-electron chi connectivity index (χ1n) is 4.99. The van der Waals surface area contributed by atoms with E-state index in [1.165, 1.54) is 0 Å². The van der Waals surface area contributed by atoms with Crippen LogP contribution in [-0.2, 0) is 5.75 Å². The second kappa shape index (κ2) is 4.82. The van der Waals surface area contributed by atoms with Crippen LogP contribution in [0.2, 0.25) is 0 Å². The van der Waals surface area contributed by atoms with Crippen LogP contribution in [0, 0.1) is 6.92 Å². The quantitative estimate of drug-likeness (QED) is 0.879. The molecule has 0 aliphatic carbocycles. The van der Waals surface area contributed by atoms with E-state index in [1.807, 2.05) is 0 Å². The number of carbonyl (C=O) groups is 1. The van der Waals surface area contributed by atoms with Crippen LogP contribution in [-0.4, -0.2) is 25.8 Å². The van der Waals surface area contributed by atoms with Crippen LogP contribution in [0.4, 0.5) is 0 Å². The molecule has 4 nitrogen and oxygen atoms in total. The van der Waals surface area contributed by atoms with Gasteiger partial charge >= 0.3 is 5.97 Å². The van der Waals surface area contributed by atoms with E-state index in [4.69, 9.17) is 5.11 Å². The zero-order valence-electron chi connectivity index (χ0n) is 9.94. The third kappa shape index (κ3) is 3.81. The van der Waals surface area contributed by atoms with Crippen LogP contribution in [0.15, 0.2) is 6.20 Å². The Kier molecular flexibility index (Phi) is 3.91. The lowest BCUT2D eigenvalue weighted by molar-refractivity contribution is 0.0689. The van der Waals surface area contributed by atoms with E-state index < -0.39 is 5.97 Å².